The summed E-state index contributed by atoms with van der Waals surface area (Å²) in [5.74, 6) is 0.118. The van der Waals surface area contributed by atoms with Crippen LogP contribution in [-0.4, -0.2) is 43.4 Å². The molecule has 1 aliphatic rings. The average Bonchev–Trinajstić information content (AvgIpc) is 3.22. The van der Waals surface area contributed by atoms with Crippen LogP contribution in [0.15, 0.2) is 24.3 Å². The van der Waals surface area contributed by atoms with Gasteiger partial charge in [-0.2, -0.15) is 5.21 Å². The van der Waals surface area contributed by atoms with Gasteiger partial charge in [-0.3, -0.25) is 9.59 Å². The molecule has 1 aliphatic heterocycles. The molecule has 126 valence electrons. The van der Waals surface area contributed by atoms with Gasteiger partial charge in [0.2, 0.25) is 5.91 Å². The molecule has 2 atom stereocenters. The van der Waals surface area contributed by atoms with Gasteiger partial charge in [-0.15, -0.1) is 10.2 Å². The minimum Gasteiger partial charge on any atom is -0.344 e. The highest BCUT2D eigenvalue weighted by Crippen LogP contribution is 2.24. The highest BCUT2D eigenvalue weighted by Gasteiger charge is 2.34. The number of rotatable bonds is 6. The zero-order chi connectivity index (χ0) is 17.1. The molecule has 3 rings (SSSR count). The van der Waals surface area contributed by atoms with Crippen molar-refractivity contribution in [2.75, 3.05) is 0 Å². The van der Waals surface area contributed by atoms with E-state index in [0.717, 1.165) is 12.0 Å². The van der Waals surface area contributed by atoms with Gasteiger partial charge in [0.15, 0.2) is 5.82 Å². The summed E-state index contributed by atoms with van der Waals surface area (Å²) in [6.45, 7) is 4.20. The third-order valence-corrected chi connectivity index (χ3v) is 4.26. The predicted molar refractivity (Wildman–Crippen MR) is 85.7 cm³/mol. The van der Waals surface area contributed by atoms with Gasteiger partial charge < -0.3 is 10.2 Å². The summed E-state index contributed by atoms with van der Waals surface area (Å²) in [7, 11) is 0. The Morgan fingerprint density at radius 3 is 2.88 bits per heavy atom. The first-order valence-corrected chi connectivity index (χ1v) is 8.04. The molecule has 0 radical (unpaired) electrons. The molecule has 2 amide bonds. The van der Waals surface area contributed by atoms with Crippen LogP contribution in [0.2, 0.25) is 0 Å². The van der Waals surface area contributed by atoms with E-state index in [1.54, 1.807) is 17.9 Å². The van der Waals surface area contributed by atoms with Gasteiger partial charge in [0.05, 0.1) is 6.04 Å². The first-order chi connectivity index (χ1) is 11.6. The van der Waals surface area contributed by atoms with E-state index in [2.05, 4.69) is 25.9 Å². The van der Waals surface area contributed by atoms with Crippen molar-refractivity contribution < 1.29 is 9.59 Å². The Balaban J connectivity index is 1.70. The number of amides is 2. The van der Waals surface area contributed by atoms with Crippen LogP contribution < -0.4 is 5.32 Å². The topological polar surface area (TPSA) is 104 Å². The smallest absolute Gasteiger partial charge is 0.255 e. The van der Waals surface area contributed by atoms with Crippen molar-refractivity contribution in [2.24, 2.45) is 0 Å². The highest BCUT2D eigenvalue weighted by atomic mass is 16.2. The van der Waals surface area contributed by atoms with Crippen LogP contribution in [0.1, 0.15) is 54.5 Å². The van der Waals surface area contributed by atoms with E-state index >= 15 is 0 Å². The SMILES string of the molecule is CCCC(NC(=O)C(C)N1Cc2ccccc2C1=O)c1nn[nH]n1. The summed E-state index contributed by atoms with van der Waals surface area (Å²) in [5, 5.41) is 16.8. The summed E-state index contributed by atoms with van der Waals surface area (Å²) in [4.78, 5) is 26.7. The number of aromatic amines is 1. The Hall–Kier alpha value is -2.77. The molecule has 2 unspecified atom stereocenters. The van der Waals surface area contributed by atoms with E-state index in [1.165, 1.54) is 0 Å². The summed E-state index contributed by atoms with van der Waals surface area (Å²) < 4.78 is 0. The van der Waals surface area contributed by atoms with E-state index in [-0.39, 0.29) is 17.9 Å². The van der Waals surface area contributed by atoms with Crippen LogP contribution in [-0.2, 0) is 11.3 Å². The lowest BCUT2D eigenvalue weighted by Gasteiger charge is -2.25. The fourth-order valence-corrected chi connectivity index (χ4v) is 2.90. The van der Waals surface area contributed by atoms with Crippen molar-refractivity contribution in [1.29, 1.82) is 0 Å². The first kappa shape index (κ1) is 16.1. The normalized spacial score (nSPS) is 15.9. The number of benzene rings is 1. The Labute approximate surface area is 139 Å². The standard InChI is InChI=1S/C16H20N6O2/c1-3-6-13(14-18-20-21-19-14)17-15(23)10(2)22-9-11-7-4-5-8-12(11)16(22)24/h4-5,7-8,10,13H,3,6,9H2,1-2H3,(H,17,23)(H,18,19,20,21). The molecule has 0 saturated carbocycles. The van der Waals surface area contributed by atoms with Crippen molar-refractivity contribution in [1.82, 2.24) is 30.8 Å². The molecule has 0 fully saturated rings. The van der Waals surface area contributed by atoms with Crippen LogP contribution in [0.3, 0.4) is 0 Å². The monoisotopic (exact) mass is 328 g/mol. The van der Waals surface area contributed by atoms with Crippen molar-refractivity contribution in [3.05, 3.63) is 41.2 Å². The van der Waals surface area contributed by atoms with Crippen molar-refractivity contribution in [2.45, 2.75) is 45.3 Å². The zero-order valence-corrected chi connectivity index (χ0v) is 13.7. The van der Waals surface area contributed by atoms with Crippen LogP contribution >= 0.6 is 0 Å². The summed E-state index contributed by atoms with van der Waals surface area (Å²) in [5.41, 5.74) is 1.62. The number of hydrogen-bond acceptors (Lipinski definition) is 5. The van der Waals surface area contributed by atoms with E-state index in [9.17, 15) is 9.59 Å². The number of tetrazole rings is 1. The number of hydrogen-bond donors (Lipinski definition) is 2. The number of nitrogens with zero attached hydrogens (tertiary/aromatic N) is 4. The fourth-order valence-electron chi connectivity index (χ4n) is 2.90. The van der Waals surface area contributed by atoms with Gasteiger partial charge in [-0.1, -0.05) is 36.8 Å². The average molecular weight is 328 g/mol. The van der Waals surface area contributed by atoms with Crippen LogP contribution in [0.4, 0.5) is 0 Å². The number of carbonyl (C=O) groups excluding carboxylic acids is 2. The Morgan fingerprint density at radius 1 is 1.42 bits per heavy atom. The predicted octanol–water partition coefficient (Wildman–Crippen LogP) is 1.20. The molecule has 0 saturated heterocycles. The summed E-state index contributed by atoms with van der Waals surface area (Å²) in [6, 6.07) is 6.55. The van der Waals surface area contributed by atoms with Crippen LogP contribution in [0, 0.1) is 0 Å². The Morgan fingerprint density at radius 2 is 2.21 bits per heavy atom. The molecule has 2 heterocycles. The molecular formula is C16H20N6O2. The maximum atomic E-state index is 12.6. The van der Waals surface area contributed by atoms with E-state index in [4.69, 9.17) is 0 Å². The number of nitrogens with one attached hydrogen (secondary N) is 2. The molecule has 2 N–H and O–H groups in total. The number of carbonyl (C=O) groups is 2. The zero-order valence-electron chi connectivity index (χ0n) is 13.7. The number of aromatic nitrogens is 4. The van der Waals surface area contributed by atoms with Gasteiger partial charge in [0.1, 0.15) is 6.04 Å². The van der Waals surface area contributed by atoms with Crippen molar-refractivity contribution >= 4 is 11.8 Å². The third kappa shape index (κ3) is 2.99. The molecule has 2 aromatic rings. The van der Waals surface area contributed by atoms with Gasteiger partial charge in [-0.05, 0) is 25.0 Å². The minimum atomic E-state index is -0.573. The number of fused-ring (bicyclic) bond motifs is 1. The lowest BCUT2D eigenvalue weighted by Crippen LogP contribution is -2.46. The van der Waals surface area contributed by atoms with E-state index < -0.39 is 6.04 Å². The molecule has 0 bridgehead atoms. The van der Waals surface area contributed by atoms with Gasteiger partial charge >= 0.3 is 0 Å². The third-order valence-electron chi connectivity index (χ3n) is 4.26. The molecule has 0 aliphatic carbocycles. The van der Waals surface area contributed by atoms with Crippen LogP contribution in [0.25, 0.3) is 0 Å². The van der Waals surface area contributed by atoms with E-state index in [1.807, 2.05) is 25.1 Å². The molecule has 1 aromatic carbocycles. The quantitative estimate of drug-likeness (QED) is 0.829. The lowest BCUT2D eigenvalue weighted by atomic mass is 10.1. The molecule has 24 heavy (non-hydrogen) atoms. The molecule has 1 aromatic heterocycles. The van der Waals surface area contributed by atoms with Gasteiger partial charge in [-0.25, -0.2) is 0 Å². The molecule has 0 spiro atoms. The maximum absolute atomic E-state index is 12.6. The number of H-pyrrole nitrogens is 1. The molecule has 8 nitrogen and oxygen atoms in total. The molecule has 8 heteroatoms. The second-order valence-corrected chi connectivity index (χ2v) is 5.89. The first-order valence-electron chi connectivity index (χ1n) is 8.04. The minimum absolute atomic E-state index is 0.111. The Bertz CT molecular complexity index is 730. The van der Waals surface area contributed by atoms with Crippen molar-refractivity contribution in [3.63, 3.8) is 0 Å². The highest BCUT2D eigenvalue weighted by molar-refractivity contribution is 6.01. The van der Waals surface area contributed by atoms with Crippen LogP contribution in [0.5, 0.6) is 0 Å². The van der Waals surface area contributed by atoms with Gasteiger partial charge in [0.25, 0.3) is 5.91 Å². The largest absolute Gasteiger partial charge is 0.344 e. The van der Waals surface area contributed by atoms with Gasteiger partial charge in [0, 0.05) is 12.1 Å². The fraction of sp³-hybridized carbons (Fsp3) is 0.438. The summed E-state index contributed by atoms with van der Waals surface area (Å²) >= 11 is 0. The lowest BCUT2D eigenvalue weighted by molar-refractivity contribution is -0.126. The van der Waals surface area contributed by atoms with Crippen molar-refractivity contribution in [3.8, 4) is 0 Å². The Kier molecular flexibility index (Phi) is 4.54. The maximum Gasteiger partial charge on any atom is 0.255 e. The molecular weight excluding hydrogens is 308 g/mol. The summed E-state index contributed by atoms with van der Waals surface area (Å²) in [6.07, 6.45) is 1.56. The second-order valence-electron chi connectivity index (χ2n) is 5.89. The van der Waals surface area contributed by atoms with E-state index in [0.29, 0.717) is 24.4 Å². The second kappa shape index (κ2) is 6.77.